The number of ether oxygens (including phenoxy) is 1. The number of hydrogen-bond acceptors (Lipinski definition) is 8. The van der Waals surface area contributed by atoms with Crippen molar-refractivity contribution in [2.45, 2.75) is 0 Å². The predicted octanol–water partition coefficient (Wildman–Crippen LogP) is 0.209. The van der Waals surface area contributed by atoms with Gasteiger partial charge in [0, 0.05) is 12.7 Å². The molecule has 0 bridgehead atoms. The molecule has 0 aliphatic carbocycles. The summed E-state index contributed by atoms with van der Waals surface area (Å²) in [5.74, 6) is -0.299. The molecule has 0 atom stereocenters. The molecule has 1 fully saturated rings. The van der Waals surface area contributed by atoms with E-state index in [0.29, 0.717) is 13.2 Å². The summed E-state index contributed by atoms with van der Waals surface area (Å²) >= 11 is 0. The van der Waals surface area contributed by atoms with E-state index in [1.54, 1.807) is 13.3 Å². The highest BCUT2D eigenvalue weighted by molar-refractivity contribution is 6.04. The highest BCUT2D eigenvalue weighted by atomic mass is 16.5. The van der Waals surface area contributed by atoms with Gasteiger partial charge in [-0.25, -0.2) is 0 Å². The topological polar surface area (TPSA) is 96.7 Å². The number of aromatic nitrogens is 4. The number of carbonyl (C=O) groups excluding carboxylic acids is 1. The molecular formula is C15H17N7O2. The first-order valence-corrected chi connectivity index (χ1v) is 7.50. The maximum atomic E-state index is 12.3. The third-order valence-corrected chi connectivity index (χ3v) is 3.59. The molecular weight excluding hydrogens is 310 g/mol. The van der Waals surface area contributed by atoms with E-state index in [1.165, 1.54) is 11.1 Å². The van der Waals surface area contributed by atoms with Crippen LogP contribution in [0.1, 0.15) is 16.1 Å². The first kappa shape index (κ1) is 15.9. The van der Waals surface area contributed by atoms with Crippen LogP contribution in [0.15, 0.2) is 35.6 Å². The second kappa shape index (κ2) is 7.55. The summed E-state index contributed by atoms with van der Waals surface area (Å²) in [6, 6.07) is 7.50. The summed E-state index contributed by atoms with van der Waals surface area (Å²) in [7, 11) is 1.67. The average Bonchev–Trinajstić information content (AvgIpc) is 2.67. The van der Waals surface area contributed by atoms with Crippen molar-refractivity contribution in [2.75, 3.05) is 38.3 Å². The molecule has 1 aromatic carbocycles. The summed E-state index contributed by atoms with van der Waals surface area (Å²) in [5.41, 5.74) is 1.84. The van der Waals surface area contributed by atoms with E-state index in [1.807, 2.05) is 29.3 Å². The Morgan fingerprint density at radius 1 is 1.25 bits per heavy atom. The van der Waals surface area contributed by atoms with Crippen LogP contribution in [-0.4, -0.2) is 71.1 Å². The number of hydrazone groups is 1. The van der Waals surface area contributed by atoms with Gasteiger partial charge >= 0.3 is 0 Å². The van der Waals surface area contributed by atoms with E-state index in [-0.39, 0.29) is 11.6 Å². The van der Waals surface area contributed by atoms with Gasteiger partial charge in [-0.1, -0.05) is 12.1 Å². The number of morpholine rings is 1. The van der Waals surface area contributed by atoms with Crippen LogP contribution in [-0.2, 0) is 4.74 Å². The highest BCUT2D eigenvalue weighted by Gasteiger charge is 2.15. The molecule has 0 spiro atoms. The van der Waals surface area contributed by atoms with Gasteiger partial charge in [0.25, 0.3) is 5.91 Å². The minimum atomic E-state index is -0.299. The molecule has 124 valence electrons. The fourth-order valence-electron chi connectivity index (χ4n) is 2.19. The molecule has 1 aromatic heterocycles. The van der Waals surface area contributed by atoms with Crippen molar-refractivity contribution < 1.29 is 9.53 Å². The van der Waals surface area contributed by atoms with Crippen molar-refractivity contribution in [2.24, 2.45) is 5.10 Å². The van der Waals surface area contributed by atoms with Crippen LogP contribution in [0.5, 0.6) is 0 Å². The van der Waals surface area contributed by atoms with E-state index in [2.05, 4.69) is 25.7 Å². The normalized spacial score (nSPS) is 14.8. The molecule has 1 amide bonds. The Morgan fingerprint density at radius 3 is 2.67 bits per heavy atom. The van der Waals surface area contributed by atoms with Crippen molar-refractivity contribution in [1.82, 2.24) is 25.6 Å². The predicted molar refractivity (Wildman–Crippen MR) is 86.8 cm³/mol. The molecule has 0 saturated carbocycles. The summed E-state index contributed by atoms with van der Waals surface area (Å²) in [4.78, 5) is 13.8. The lowest BCUT2D eigenvalue weighted by atomic mass is 10.2. The maximum absolute atomic E-state index is 12.3. The molecule has 2 aromatic rings. The van der Waals surface area contributed by atoms with E-state index < -0.39 is 0 Å². The summed E-state index contributed by atoms with van der Waals surface area (Å²) in [6.07, 6.45) is 3.09. The molecule has 1 aliphatic rings. The standard InChI is InChI=1S/C15H17N7O2/c1-21(15(23)14-11-16-19-20-18-14)13-4-2-12(3-5-13)10-17-22-6-8-24-9-7-22/h2-5,10-11H,6-9H2,1H3. The Kier molecular flexibility index (Phi) is 5.02. The molecule has 0 N–H and O–H groups in total. The van der Waals surface area contributed by atoms with Crippen molar-refractivity contribution in [3.8, 4) is 0 Å². The zero-order valence-electron chi connectivity index (χ0n) is 13.2. The van der Waals surface area contributed by atoms with E-state index >= 15 is 0 Å². The largest absolute Gasteiger partial charge is 0.378 e. The van der Waals surface area contributed by atoms with Crippen LogP contribution in [0.3, 0.4) is 0 Å². The van der Waals surface area contributed by atoms with E-state index in [9.17, 15) is 4.79 Å². The van der Waals surface area contributed by atoms with Gasteiger partial charge in [0.1, 0.15) is 0 Å². The minimum Gasteiger partial charge on any atom is -0.378 e. The second-order valence-electron chi connectivity index (χ2n) is 5.18. The third-order valence-electron chi connectivity index (χ3n) is 3.59. The molecule has 24 heavy (non-hydrogen) atoms. The molecule has 1 saturated heterocycles. The van der Waals surface area contributed by atoms with Crippen molar-refractivity contribution in [3.05, 3.63) is 41.7 Å². The quantitative estimate of drug-likeness (QED) is 0.740. The van der Waals surface area contributed by atoms with Crippen molar-refractivity contribution >= 4 is 17.8 Å². The molecule has 3 rings (SSSR count). The van der Waals surface area contributed by atoms with E-state index in [0.717, 1.165) is 24.3 Å². The lowest BCUT2D eigenvalue weighted by Gasteiger charge is -2.23. The summed E-state index contributed by atoms with van der Waals surface area (Å²) in [6.45, 7) is 3.01. The smallest absolute Gasteiger partial charge is 0.280 e. The number of amides is 1. The third kappa shape index (κ3) is 3.87. The lowest BCUT2D eigenvalue weighted by Crippen LogP contribution is -2.32. The zero-order valence-corrected chi connectivity index (χ0v) is 13.2. The van der Waals surface area contributed by atoms with Gasteiger partial charge in [0.15, 0.2) is 5.69 Å². The molecule has 9 nitrogen and oxygen atoms in total. The first-order valence-electron chi connectivity index (χ1n) is 7.50. The number of anilines is 1. The van der Waals surface area contributed by atoms with Gasteiger partial charge in [-0.05, 0) is 28.1 Å². The van der Waals surface area contributed by atoms with Crippen LogP contribution in [0.4, 0.5) is 5.69 Å². The van der Waals surface area contributed by atoms with Crippen LogP contribution < -0.4 is 4.90 Å². The second-order valence-corrected chi connectivity index (χ2v) is 5.18. The van der Waals surface area contributed by atoms with Gasteiger partial charge < -0.3 is 9.64 Å². The highest BCUT2D eigenvalue weighted by Crippen LogP contribution is 2.15. The monoisotopic (exact) mass is 327 g/mol. The summed E-state index contributed by atoms with van der Waals surface area (Å²) < 4.78 is 5.28. The number of nitrogens with zero attached hydrogens (tertiary/aromatic N) is 7. The molecule has 0 radical (unpaired) electrons. The van der Waals surface area contributed by atoms with Crippen LogP contribution in [0, 0.1) is 0 Å². The van der Waals surface area contributed by atoms with Crippen LogP contribution >= 0.6 is 0 Å². The van der Waals surface area contributed by atoms with Gasteiger partial charge in [-0.3, -0.25) is 9.80 Å². The minimum absolute atomic E-state index is 0.144. The molecule has 9 heteroatoms. The average molecular weight is 327 g/mol. The van der Waals surface area contributed by atoms with Gasteiger partial charge in [-0.2, -0.15) is 5.10 Å². The molecule has 2 heterocycles. The Labute approximate surface area is 138 Å². The van der Waals surface area contributed by atoms with Gasteiger partial charge in [0.05, 0.1) is 38.7 Å². The lowest BCUT2D eigenvalue weighted by molar-refractivity contribution is 0.0397. The Morgan fingerprint density at radius 2 is 2.00 bits per heavy atom. The van der Waals surface area contributed by atoms with Crippen LogP contribution in [0.25, 0.3) is 0 Å². The maximum Gasteiger partial charge on any atom is 0.280 e. The SMILES string of the molecule is CN(C(=O)c1cnnnn1)c1ccc(C=NN2CCOCC2)cc1. The fourth-order valence-corrected chi connectivity index (χ4v) is 2.19. The van der Waals surface area contributed by atoms with Crippen molar-refractivity contribution in [1.29, 1.82) is 0 Å². The Bertz CT molecular complexity index is 700. The molecule has 0 unspecified atom stereocenters. The first-order chi connectivity index (χ1) is 11.7. The van der Waals surface area contributed by atoms with Gasteiger partial charge in [-0.15, -0.1) is 10.2 Å². The Balaban J connectivity index is 1.65. The number of benzene rings is 1. The fraction of sp³-hybridized carbons (Fsp3) is 0.333. The van der Waals surface area contributed by atoms with Crippen molar-refractivity contribution in [3.63, 3.8) is 0 Å². The molecule has 1 aliphatic heterocycles. The zero-order chi connectivity index (χ0) is 16.8. The van der Waals surface area contributed by atoms with Crippen LogP contribution in [0.2, 0.25) is 0 Å². The van der Waals surface area contributed by atoms with Gasteiger partial charge in [0.2, 0.25) is 0 Å². The number of rotatable bonds is 4. The Hall–Kier alpha value is -2.94. The van der Waals surface area contributed by atoms with E-state index in [4.69, 9.17) is 4.74 Å². The number of carbonyl (C=O) groups is 1. The number of hydrogen-bond donors (Lipinski definition) is 0. The summed E-state index contributed by atoms with van der Waals surface area (Å²) in [5, 5.41) is 20.3.